The number of aliphatic hydroxyl groups excluding tert-OH is 1. The molecule has 2 amide bonds. The lowest BCUT2D eigenvalue weighted by Crippen LogP contribution is -2.46. The lowest BCUT2D eigenvalue weighted by atomic mass is 9.86. The second kappa shape index (κ2) is 7.07. The van der Waals surface area contributed by atoms with Crippen LogP contribution in [0.4, 0.5) is 0 Å². The highest BCUT2D eigenvalue weighted by Gasteiger charge is 2.28. The molecule has 114 valence electrons. The van der Waals surface area contributed by atoms with E-state index in [-0.39, 0.29) is 29.8 Å². The standard InChI is InChI=1S/C15H26N2O3/c1-11(18)17-8-4-6-13(10-17)15(20)16-9-12-5-2-3-7-14(12)19/h12-14,19H,2-10H2,1H3,(H,16,20). The van der Waals surface area contributed by atoms with Crippen molar-refractivity contribution in [3.05, 3.63) is 0 Å². The average molecular weight is 282 g/mol. The number of amides is 2. The van der Waals surface area contributed by atoms with Gasteiger partial charge in [-0.05, 0) is 25.7 Å². The third kappa shape index (κ3) is 3.95. The molecule has 5 heteroatoms. The average Bonchev–Trinajstić information content (AvgIpc) is 2.46. The van der Waals surface area contributed by atoms with Crippen LogP contribution in [0.5, 0.6) is 0 Å². The van der Waals surface area contributed by atoms with Crippen molar-refractivity contribution >= 4 is 11.8 Å². The molecule has 1 aliphatic carbocycles. The highest BCUT2D eigenvalue weighted by atomic mass is 16.3. The van der Waals surface area contributed by atoms with Gasteiger partial charge in [0.05, 0.1) is 12.0 Å². The number of likely N-dealkylation sites (tertiary alicyclic amines) is 1. The van der Waals surface area contributed by atoms with Crippen LogP contribution < -0.4 is 5.32 Å². The zero-order valence-corrected chi connectivity index (χ0v) is 12.3. The lowest BCUT2D eigenvalue weighted by Gasteiger charge is -2.32. The van der Waals surface area contributed by atoms with Gasteiger partial charge in [-0.1, -0.05) is 12.8 Å². The molecule has 0 radical (unpaired) electrons. The number of piperidine rings is 1. The van der Waals surface area contributed by atoms with Crippen LogP contribution in [0, 0.1) is 11.8 Å². The molecule has 3 atom stereocenters. The minimum absolute atomic E-state index is 0.0359. The highest BCUT2D eigenvalue weighted by molar-refractivity contribution is 5.80. The fourth-order valence-electron chi connectivity index (χ4n) is 3.28. The second-order valence-corrected chi connectivity index (χ2v) is 6.16. The molecule has 0 aromatic heterocycles. The van der Waals surface area contributed by atoms with Gasteiger partial charge >= 0.3 is 0 Å². The van der Waals surface area contributed by atoms with Crippen molar-refractivity contribution in [2.75, 3.05) is 19.6 Å². The number of nitrogens with one attached hydrogen (secondary N) is 1. The van der Waals surface area contributed by atoms with Crippen LogP contribution in [-0.4, -0.2) is 47.6 Å². The fraction of sp³-hybridized carbons (Fsp3) is 0.867. The molecule has 0 aromatic rings. The van der Waals surface area contributed by atoms with Gasteiger partial charge in [0.25, 0.3) is 0 Å². The van der Waals surface area contributed by atoms with Crippen LogP contribution in [0.1, 0.15) is 45.4 Å². The van der Waals surface area contributed by atoms with Crippen LogP contribution in [0.2, 0.25) is 0 Å². The number of nitrogens with zero attached hydrogens (tertiary/aromatic N) is 1. The zero-order chi connectivity index (χ0) is 14.5. The first kappa shape index (κ1) is 15.3. The van der Waals surface area contributed by atoms with Gasteiger partial charge in [0.15, 0.2) is 0 Å². The molecule has 2 N–H and O–H groups in total. The van der Waals surface area contributed by atoms with E-state index in [4.69, 9.17) is 0 Å². The molecule has 2 rings (SSSR count). The molecule has 5 nitrogen and oxygen atoms in total. The zero-order valence-electron chi connectivity index (χ0n) is 12.3. The van der Waals surface area contributed by atoms with Crippen molar-refractivity contribution < 1.29 is 14.7 Å². The first-order valence-electron chi connectivity index (χ1n) is 7.79. The van der Waals surface area contributed by atoms with E-state index in [1.807, 2.05) is 0 Å². The van der Waals surface area contributed by atoms with E-state index in [9.17, 15) is 14.7 Å². The van der Waals surface area contributed by atoms with Gasteiger partial charge in [-0.2, -0.15) is 0 Å². The Hall–Kier alpha value is -1.10. The molecule has 1 saturated heterocycles. The monoisotopic (exact) mass is 282 g/mol. The van der Waals surface area contributed by atoms with Gasteiger partial charge in [0.2, 0.25) is 11.8 Å². The van der Waals surface area contributed by atoms with Crippen molar-refractivity contribution in [3.63, 3.8) is 0 Å². The van der Waals surface area contributed by atoms with Gasteiger partial charge in [0, 0.05) is 32.5 Å². The van der Waals surface area contributed by atoms with Gasteiger partial charge in [-0.25, -0.2) is 0 Å². The normalized spacial score (nSPS) is 30.9. The maximum Gasteiger partial charge on any atom is 0.224 e. The molecule has 1 saturated carbocycles. The summed E-state index contributed by atoms with van der Waals surface area (Å²) in [5.41, 5.74) is 0. The molecule has 20 heavy (non-hydrogen) atoms. The molecular weight excluding hydrogens is 256 g/mol. The van der Waals surface area contributed by atoms with Gasteiger partial charge in [-0.15, -0.1) is 0 Å². The van der Waals surface area contributed by atoms with Crippen molar-refractivity contribution in [3.8, 4) is 0 Å². The highest BCUT2D eigenvalue weighted by Crippen LogP contribution is 2.24. The second-order valence-electron chi connectivity index (χ2n) is 6.16. The Labute approximate surface area is 120 Å². The number of aliphatic hydroxyl groups is 1. The summed E-state index contributed by atoms with van der Waals surface area (Å²) < 4.78 is 0. The number of hydrogen-bond acceptors (Lipinski definition) is 3. The molecule has 1 aliphatic heterocycles. The van der Waals surface area contributed by atoms with Crippen LogP contribution in [0.15, 0.2) is 0 Å². The first-order valence-corrected chi connectivity index (χ1v) is 7.79. The maximum atomic E-state index is 12.2. The van der Waals surface area contributed by atoms with E-state index >= 15 is 0 Å². The van der Waals surface area contributed by atoms with Crippen molar-refractivity contribution in [2.45, 2.75) is 51.6 Å². The quantitative estimate of drug-likeness (QED) is 0.808. The van der Waals surface area contributed by atoms with Crippen molar-refractivity contribution in [2.24, 2.45) is 11.8 Å². The predicted molar refractivity (Wildman–Crippen MR) is 76.0 cm³/mol. The topological polar surface area (TPSA) is 69.6 Å². The third-order valence-corrected chi connectivity index (χ3v) is 4.64. The molecule has 0 aromatic carbocycles. The summed E-state index contributed by atoms with van der Waals surface area (Å²) in [6, 6.07) is 0. The van der Waals surface area contributed by atoms with Crippen LogP contribution >= 0.6 is 0 Å². The molecule has 2 aliphatic rings. The predicted octanol–water partition coefficient (Wildman–Crippen LogP) is 0.912. The summed E-state index contributed by atoms with van der Waals surface area (Å²) in [5.74, 6) is 0.188. The third-order valence-electron chi connectivity index (χ3n) is 4.64. The van der Waals surface area contributed by atoms with E-state index in [0.29, 0.717) is 13.1 Å². The van der Waals surface area contributed by atoms with E-state index in [2.05, 4.69) is 5.32 Å². The Bertz CT molecular complexity index is 359. The Balaban J connectivity index is 1.77. The summed E-state index contributed by atoms with van der Waals surface area (Å²) in [4.78, 5) is 25.3. The Morgan fingerprint density at radius 1 is 1.20 bits per heavy atom. The van der Waals surface area contributed by atoms with E-state index in [0.717, 1.165) is 45.1 Å². The van der Waals surface area contributed by atoms with Crippen molar-refractivity contribution in [1.82, 2.24) is 10.2 Å². The Morgan fingerprint density at radius 2 is 1.95 bits per heavy atom. The largest absolute Gasteiger partial charge is 0.393 e. The summed E-state index contributed by atoms with van der Waals surface area (Å²) in [6.45, 7) is 3.42. The van der Waals surface area contributed by atoms with Crippen molar-refractivity contribution in [1.29, 1.82) is 0 Å². The molecule has 0 spiro atoms. The summed E-state index contributed by atoms with van der Waals surface area (Å²) in [7, 11) is 0. The molecule has 0 bridgehead atoms. The number of carbonyl (C=O) groups is 2. The van der Waals surface area contributed by atoms with E-state index in [1.54, 1.807) is 11.8 Å². The number of rotatable bonds is 3. The van der Waals surface area contributed by atoms with Crippen LogP contribution in [0.25, 0.3) is 0 Å². The summed E-state index contributed by atoms with van der Waals surface area (Å²) in [6.07, 6.45) is 5.53. The SMILES string of the molecule is CC(=O)N1CCCC(C(=O)NCC2CCCCC2O)C1. The Morgan fingerprint density at radius 3 is 2.65 bits per heavy atom. The fourth-order valence-corrected chi connectivity index (χ4v) is 3.28. The lowest BCUT2D eigenvalue weighted by molar-refractivity contribution is -0.134. The molecule has 2 fully saturated rings. The van der Waals surface area contributed by atoms with Gasteiger partial charge < -0.3 is 15.3 Å². The first-order chi connectivity index (χ1) is 9.58. The smallest absolute Gasteiger partial charge is 0.224 e. The number of hydrogen-bond donors (Lipinski definition) is 2. The minimum Gasteiger partial charge on any atom is -0.393 e. The maximum absolute atomic E-state index is 12.2. The molecular formula is C15H26N2O3. The van der Waals surface area contributed by atoms with Gasteiger partial charge in [-0.3, -0.25) is 9.59 Å². The Kier molecular flexibility index (Phi) is 5.40. The minimum atomic E-state index is -0.274. The number of carbonyl (C=O) groups excluding carboxylic acids is 2. The van der Waals surface area contributed by atoms with Crippen LogP contribution in [0.3, 0.4) is 0 Å². The molecule has 3 unspecified atom stereocenters. The molecule has 1 heterocycles. The summed E-state index contributed by atoms with van der Waals surface area (Å²) in [5, 5.41) is 12.9. The van der Waals surface area contributed by atoms with E-state index in [1.165, 1.54) is 0 Å². The van der Waals surface area contributed by atoms with Crippen LogP contribution in [-0.2, 0) is 9.59 Å². The summed E-state index contributed by atoms with van der Waals surface area (Å²) >= 11 is 0. The van der Waals surface area contributed by atoms with Gasteiger partial charge in [0.1, 0.15) is 0 Å². The van der Waals surface area contributed by atoms with E-state index < -0.39 is 0 Å².